The molecule has 4 heteroatoms. The highest BCUT2D eigenvalue weighted by atomic mass is 32.2. The van der Waals surface area contributed by atoms with E-state index in [1.807, 2.05) is 12.1 Å². The Labute approximate surface area is 97.6 Å². The fourth-order valence-electron chi connectivity index (χ4n) is 1.29. The van der Waals surface area contributed by atoms with E-state index in [1.165, 1.54) is 12.1 Å². The first-order chi connectivity index (χ1) is 7.78. The zero-order chi connectivity index (χ0) is 11.4. The molecule has 0 fully saturated rings. The maximum Gasteiger partial charge on any atom is 0.123 e. The molecule has 0 saturated carbocycles. The first kappa shape index (κ1) is 11.2. The van der Waals surface area contributed by atoms with Crippen LogP contribution in [0, 0.1) is 5.82 Å². The number of hydrogen-bond acceptors (Lipinski definition) is 3. The maximum atomic E-state index is 12.7. The highest BCUT2D eigenvalue weighted by Crippen LogP contribution is 2.23. The Morgan fingerprint density at radius 1 is 1.06 bits per heavy atom. The van der Waals surface area contributed by atoms with E-state index in [0.29, 0.717) is 6.54 Å². The molecule has 1 heterocycles. The number of rotatable bonds is 4. The molecule has 0 radical (unpaired) electrons. The minimum absolute atomic E-state index is 0.215. The summed E-state index contributed by atoms with van der Waals surface area (Å²) >= 11 is 1.60. The SMILES string of the molecule is NCc1ccc(CSc2ccc(F)cc2)o1. The van der Waals surface area contributed by atoms with Gasteiger partial charge >= 0.3 is 0 Å². The van der Waals surface area contributed by atoms with E-state index in [2.05, 4.69) is 0 Å². The number of benzene rings is 1. The molecule has 1 aromatic carbocycles. The minimum atomic E-state index is -0.215. The second kappa shape index (κ2) is 5.18. The fraction of sp³-hybridized carbons (Fsp3) is 0.167. The van der Waals surface area contributed by atoms with Crippen molar-refractivity contribution in [3.63, 3.8) is 0 Å². The summed E-state index contributed by atoms with van der Waals surface area (Å²) in [5, 5.41) is 0. The van der Waals surface area contributed by atoms with Crippen molar-refractivity contribution in [3.05, 3.63) is 53.7 Å². The topological polar surface area (TPSA) is 39.2 Å². The van der Waals surface area contributed by atoms with Crippen LogP contribution in [0.3, 0.4) is 0 Å². The Morgan fingerprint density at radius 3 is 2.38 bits per heavy atom. The molecule has 0 atom stereocenters. The molecule has 16 heavy (non-hydrogen) atoms. The van der Waals surface area contributed by atoms with Crippen LogP contribution in [0.15, 0.2) is 45.7 Å². The van der Waals surface area contributed by atoms with Gasteiger partial charge in [0.1, 0.15) is 17.3 Å². The molecule has 0 aliphatic heterocycles. The smallest absolute Gasteiger partial charge is 0.123 e. The molecule has 0 saturated heterocycles. The lowest BCUT2D eigenvalue weighted by Gasteiger charge is -1.99. The third-order valence-corrected chi connectivity index (χ3v) is 3.15. The first-order valence-corrected chi connectivity index (χ1v) is 5.92. The quantitative estimate of drug-likeness (QED) is 0.830. The van der Waals surface area contributed by atoms with Crippen LogP contribution in [0.25, 0.3) is 0 Å². The van der Waals surface area contributed by atoms with Crippen LogP contribution in [0.5, 0.6) is 0 Å². The number of hydrogen-bond donors (Lipinski definition) is 1. The normalized spacial score (nSPS) is 10.6. The average molecular weight is 237 g/mol. The largest absolute Gasteiger partial charge is 0.464 e. The first-order valence-electron chi connectivity index (χ1n) is 4.94. The lowest BCUT2D eigenvalue weighted by molar-refractivity contribution is 0.482. The van der Waals surface area contributed by atoms with Crippen LogP contribution < -0.4 is 5.73 Å². The number of furan rings is 1. The molecule has 0 bridgehead atoms. The Morgan fingerprint density at radius 2 is 1.75 bits per heavy atom. The van der Waals surface area contributed by atoms with E-state index in [1.54, 1.807) is 23.9 Å². The van der Waals surface area contributed by atoms with Crippen molar-refractivity contribution in [1.82, 2.24) is 0 Å². The Bertz CT molecular complexity index is 452. The van der Waals surface area contributed by atoms with Crippen LogP contribution in [-0.2, 0) is 12.3 Å². The van der Waals surface area contributed by atoms with Crippen molar-refractivity contribution in [2.75, 3.05) is 0 Å². The summed E-state index contributed by atoms with van der Waals surface area (Å²) in [6, 6.07) is 10.2. The van der Waals surface area contributed by atoms with Crippen LogP contribution in [0.1, 0.15) is 11.5 Å². The van der Waals surface area contributed by atoms with Gasteiger partial charge in [-0.1, -0.05) is 0 Å². The van der Waals surface area contributed by atoms with E-state index in [0.717, 1.165) is 22.2 Å². The molecule has 0 unspecified atom stereocenters. The van der Waals surface area contributed by atoms with Crippen LogP contribution >= 0.6 is 11.8 Å². The summed E-state index contributed by atoms with van der Waals surface area (Å²) < 4.78 is 18.1. The van der Waals surface area contributed by atoms with Crippen molar-refractivity contribution in [3.8, 4) is 0 Å². The van der Waals surface area contributed by atoms with Crippen molar-refractivity contribution in [2.45, 2.75) is 17.2 Å². The van der Waals surface area contributed by atoms with Crippen LogP contribution in [0.4, 0.5) is 4.39 Å². The van der Waals surface area contributed by atoms with Gasteiger partial charge in [-0.05, 0) is 36.4 Å². The highest BCUT2D eigenvalue weighted by molar-refractivity contribution is 7.98. The second-order valence-electron chi connectivity index (χ2n) is 3.31. The summed E-state index contributed by atoms with van der Waals surface area (Å²) in [7, 11) is 0. The van der Waals surface area contributed by atoms with Gasteiger partial charge in [-0.3, -0.25) is 0 Å². The number of nitrogens with two attached hydrogens (primary N) is 1. The highest BCUT2D eigenvalue weighted by Gasteiger charge is 2.01. The van der Waals surface area contributed by atoms with Gasteiger partial charge in [-0.15, -0.1) is 11.8 Å². The molecule has 0 aliphatic rings. The number of thioether (sulfide) groups is 1. The molecular weight excluding hydrogens is 225 g/mol. The van der Waals surface area contributed by atoms with Crippen molar-refractivity contribution in [1.29, 1.82) is 0 Å². The lowest BCUT2D eigenvalue weighted by atomic mass is 10.4. The second-order valence-corrected chi connectivity index (χ2v) is 4.36. The van der Waals surface area contributed by atoms with Gasteiger partial charge in [-0.2, -0.15) is 0 Å². The molecule has 0 spiro atoms. The van der Waals surface area contributed by atoms with Gasteiger partial charge in [0.15, 0.2) is 0 Å². The predicted molar refractivity (Wildman–Crippen MR) is 62.6 cm³/mol. The van der Waals surface area contributed by atoms with Crippen LogP contribution in [0.2, 0.25) is 0 Å². The molecule has 0 aliphatic carbocycles. The molecule has 2 N–H and O–H groups in total. The van der Waals surface area contributed by atoms with E-state index in [4.69, 9.17) is 10.2 Å². The molecule has 1 aromatic heterocycles. The third-order valence-electron chi connectivity index (χ3n) is 2.11. The summed E-state index contributed by atoms with van der Waals surface area (Å²) in [6.07, 6.45) is 0. The van der Waals surface area contributed by atoms with Crippen molar-refractivity contribution in [2.24, 2.45) is 5.73 Å². The zero-order valence-corrected chi connectivity index (χ0v) is 9.47. The molecular formula is C12H12FNOS. The summed E-state index contributed by atoms with van der Waals surface area (Å²) in [5.41, 5.74) is 5.44. The van der Waals surface area contributed by atoms with E-state index in [-0.39, 0.29) is 5.82 Å². The van der Waals surface area contributed by atoms with E-state index < -0.39 is 0 Å². The maximum absolute atomic E-state index is 12.7. The van der Waals surface area contributed by atoms with Crippen molar-refractivity contribution >= 4 is 11.8 Å². The minimum Gasteiger partial charge on any atom is -0.464 e. The van der Waals surface area contributed by atoms with Gasteiger partial charge < -0.3 is 10.2 Å². The molecule has 2 nitrogen and oxygen atoms in total. The molecule has 0 amide bonds. The van der Waals surface area contributed by atoms with E-state index in [9.17, 15) is 4.39 Å². The summed E-state index contributed by atoms with van der Waals surface area (Å²) in [4.78, 5) is 1.02. The standard InChI is InChI=1S/C12H12FNOS/c13-9-1-5-12(6-2-9)16-8-11-4-3-10(7-14)15-11/h1-6H,7-8,14H2. The lowest BCUT2D eigenvalue weighted by Crippen LogP contribution is -1.92. The Hall–Kier alpha value is -1.26. The van der Waals surface area contributed by atoms with Gasteiger partial charge in [0.05, 0.1) is 12.3 Å². The van der Waals surface area contributed by atoms with Gasteiger partial charge in [0.25, 0.3) is 0 Å². The van der Waals surface area contributed by atoms with Crippen molar-refractivity contribution < 1.29 is 8.81 Å². The van der Waals surface area contributed by atoms with Gasteiger partial charge in [0, 0.05) is 4.90 Å². The monoisotopic (exact) mass is 237 g/mol. The van der Waals surface area contributed by atoms with Gasteiger partial charge in [0.2, 0.25) is 0 Å². The zero-order valence-electron chi connectivity index (χ0n) is 8.65. The predicted octanol–water partition coefficient (Wildman–Crippen LogP) is 3.17. The molecule has 2 rings (SSSR count). The number of halogens is 1. The van der Waals surface area contributed by atoms with Crippen LogP contribution in [-0.4, -0.2) is 0 Å². The molecule has 84 valence electrons. The van der Waals surface area contributed by atoms with Gasteiger partial charge in [-0.25, -0.2) is 4.39 Å². The summed E-state index contributed by atoms with van der Waals surface area (Å²) in [6.45, 7) is 0.418. The third kappa shape index (κ3) is 2.87. The van der Waals surface area contributed by atoms with E-state index >= 15 is 0 Å². The Kier molecular flexibility index (Phi) is 3.64. The fourth-order valence-corrected chi connectivity index (χ4v) is 2.09. The Balaban J connectivity index is 1.94. The summed E-state index contributed by atoms with van der Waals surface area (Å²) in [5.74, 6) is 2.18. The molecule has 2 aromatic rings. The average Bonchev–Trinajstić information content (AvgIpc) is 2.76.